The number of nitrogens with zero attached hydrogens (tertiary/aromatic N) is 1. The van der Waals surface area contributed by atoms with Gasteiger partial charge in [0.25, 0.3) is 10.2 Å². The summed E-state index contributed by atoms with van der Waals surface area (Å²) in [6, 6.07) is 0. The third kappa shape index (κ3) is 4.65. The van der Waals surface area contributed by atoms with E-state index in [-0.39, 0.29) is 5.54 Å². The monoisotopic (exact) mass is 319 g/mol. The lowest BCUT2D eigenvalue weighted by molar-refractivity contribution is 0.109. The van der Waals surface area contributed by atoms with E-state index in [9.17, 15) is 8.42 Å². The van der Waals surface area contributed by atoms with Crippen LogP contribution in [0.15, 0.2) is 0 Å². The number of hydrogen-bond donors (Lipinski definition) is 2. The Morgan fingerprint density at radius 2 is 1.81 bits per heavy atom. The molecule has 1 aliphatic carbocycles. The Morgan fingerprint density at radius 1 is 1.19 bits per heavy atom. The van der Waals surface area contributed by atoms with Gasteiger partial charge in [-0.2, -0.15) is 12.7 Å². The van der Waals surface area contributed by atoms with Crippen LogP contribution in [-0.4, -0.2) is 37.9 Å². The number of rotatable bonds is 9. The standard InChI is InChI=1S/C15H33N3O2S/c1-4-11-17-21(19,20)18(12-5-2)15(13-16)9-7-14(6-3)8-10-15/h14,17H,4-13,16H2,1-3H3. The first-order valence-corrected chi connectivity index (χ1v) is 9.87. The molecule has 0 aromatic carbocycles. The fourth-order valence-corrected chi connectivity index (χ4v) is 5.11. The van der Waals surface area contributed by atoms with Crippen molar-refractivity contribution in [3.05, 3.63) is 0 Å². The number of hydrogen-bond acceptors (Lipinski definition) is 3. The van der Waals surface area contributed by atoms with Crippen molar-refractivity contribution in [2.24, 2.45) is 11.7 Å². The van der Waals surface area contributed by atoms with Gasteiger partial charge in [0, 0.05) is 25.2 Å². The Kier molecular flexibility index (Phi) is 7.60. The molecular weight excluding hydrogens is 286 g/mol. The van der Waals surface area contributed by atoms with Crippen LogP contribution in [0.2, 0.25) is 0 Å². The normalized spacial score (nSPS) is 27.2. The van der Waals surface area contributed by atoms with Crippen LogP contribution in [0.1, 0.15) is 65.7 Å². The molecule has 0 aliphatic heterocycles. The fourth-order valence-electron chi connectivity index (χ4n) is 3.30. The molecule has 1 rings (SSSR count). The second-order valence-corrected chi connectivity index (χ2v) is 7.93. The van der Waals surface area contributed by atoms with Gasteiger partial charge in [0.2, 0.25) is 0 Å². The molecule has 6 heteroatoms. The molecule has 5 nitrogen and oxygen atoms in total. The zero-order valence-corrected chi connectivity index (χ0v) is 14.7. The topological polar surface area (TPSA) is 75.4 Å². The highest BCUT2D eigenvalue weighted by Gasteiger charge is 2.44. The van der Waals surface area contributed by atoms with Gasteiger partial charge in [-0.1, -0.05) is 27.2 Å². The van der Waals surface area contributed by atoms with Gasteiger partial charge < -0.3 is 5.73 Å². The second kappa shape index (κ2) is 8.46. The molecule has 0 unspecified atom stereocenters. The maximum absolute atomic E-state index is 12.7. The molecule has 1 aliphatic rings. The third-order valence-electron chi connectivity index (χ3n) is 4.77. The molecule has 3 N–H and O–H groups in total. The minimum atomic E-state index is -3.44. The zero-order valence-electron chi connectivity index (χ0n) is 13.9. The Balaban J connectivity index is 2.95. The molecule has 0 atom stereocenters. The van der Waals surface area contributed by atoms with E-state index in [2.05, 4.69) is 11.6 Å². The van der Waals surface area contributed by atoms with Gasteiger partial charge in [0.15, 0.2) is 0 Å². The Bertz CT molecular complexity index is 390. The number of nitrogens with two attached hydrogens (primary N) is 1. The molecule has 0 aromatic rings. The summed E-state index contributed by atoms with van der Waals surface area (Å²) in [5, 5.41) is 0. The molecule has 1 saturated carbocycles. The average molecular weight is 320 g/mol. The Hall–Kier alpha value is -0.170. The Morgan fingerprint density at radius 3 is 2.24 bits per heavy atom. The largest absolute Gasteiger partial charge is 0.329 e. The van der Waals surface area contributed by atoms with E-state index in [0.29, 0.717) is 19.6 Å². The maximum atomic E-state index is 12.7. The average Bonchev–Trinajstić information content (AvgIpc) is 2.50. The summed E-state index contributed by atoms with van der Waals surface area (Å²) in [6.45, 7) is 7.65. The molecule has 126 valence electrons. The van der Waals surface area contributed by atoms with Crippen molar-refractivity contribution in [3.63, 3.8) is 0 Å². The molecule has 0 aromatic heterocycles. The van der Waals surface area contributed by atoms with Crippen molar-refractivity contribution in [1.29, 1.82) is 0 Å². The van der Waals surface area contributed by atoms with Crippen LogP contribution in [0.5, 0.6) is 0 Å². The smallest absolute Gasteiger partial charge is 0.279 e. The van der Waals surface area contributed by atoms with Crippen molar-refractivity contribution in [3.8, 4) is 0 Å². The lowest BCUT2D eigenvalue weighted by Crippen LogP contribution is -2.60. The lowest BCUT2D eigenvalue weighted by Gasteiger charge is -2.46. The van der Waals surface area contributed by atoms with Crippen LogP contribution in [0.25, 0.3) is 0 Å². The molecule has 0 spiro atoms. The van der Waals surface area contributed by atoms with Crippen molar-refractivity contribution in [2.75, 3.05) is 19.6 Å². The van der Waals surface area contributed by atoms with E-state index >= 15 is 0 Å². The van der Waals surface area contributed by atoms with Crippen molar-refractivity contribution in [2.45, 2.75) is 71.3 Å². The van der Waals surface area contributed by atoms with Gasteiger partial charge in [-0.25, -0.2) is 4.72 Å². The second-order valence-electron chi connectivity index (χ2n) is 6.25. The highest BCUT2D eigenvalue weighted by molar-refractivity contribution is 7.87. The van der Waals surface area contributed by atoms with Crippen LogP contribution >= 0.6 is 0 Å². The van der Waals surface area contributed by atoms with Crippen LogP contribution < -0.4 is 10.5 Å². The minimum absolute atomic E-state index is 0.388. The van der Waals surface area contributed by atoms with Gasteiger partial charge in [0.05, 0.1) is 0 Å². The van der Waals surface area contributed by atoms with E-state index < -0.39 is 10.2 Å². The molecule has 0 heterocycles. The van der Waals surface area contributed by atoms with Gasteiger partial charge in [-0.15, -0.1) is 0 Å². The molecule has 0 radical (unpaired) electrons. The molecule has 0 amide bonds. The van der Waals surface area contributed by atoms with Gasteiger partial charge in [-0.05, 0) is 44.4 Å². The Labute approximate surface area is 130 Å². The summed E-state index contributed by atoms with van der Waals surface area (Å²) < 4.78 is 29.7. The van der Waals surface area contributed by atoms with Gasteiger partial charge in [0.1, 0.15) is 0 Å². The van der Waals surface area contributed by atoms with Gasteiger partial charge in [-0.3, -0.25) is 0 Å². The molecule has 0 saturated heterocycles. The summed E-state index contributed by atoms with van der Waals surface area (Å²) in [7, 11) is -3.44. The third-order valence-corrected chi connectivity index (χ3v) is 6.49. The van der Waals surface area contributed by atoms with Gasteiger partial charge >= 0.3 is 0 Å². The lowest BCUT2D eigenvalue weighted by atomic mass is 9.75. The molecule has 0 bridgehead atoms. The summed E-state index contributed by atoms with van der Waals surface area (Å²) in [6.07, 6.45) is 6.71. The fraction of sp³-hybridized carbons (Fsp3) is 1.00. The van der Waals surface area contributed by atoms with E-state index in [1.165, 1.54) is 6.42 Å². The molecular formula is C15H33N3O2S. The van der Waals surface area contributed by atoms with E-state index in [1.54, 1.807) is 4.31 Å². The highest BCUT2D eigenvalue weighted by atomic mass is 32.2. The van der Waals surface area contributed by atoms with E-state index in [0.717, 1.165) is 44.4 Å². The predicted octanol–water partition coefficient (Wildman–Crippen LogP) is 2.24. The minimum Gasteiger partial charge on any atom is -0.329 e. The summed E-state index contributed by atoms with van der Waals surface area (Å²) in [5.41, 5.74) is 5.66. The summed E-state index contributed by atoms with van der Waals surface area (Å²) >= 11 is 0. The molecule has 1 fully saturated rings. The maximum Gasteiger partial charge on any atom is 0.279 e. The molecule has 21 heavy (non-hydrogen) atoms. The summed E-state index contributed by atoms with van der Waals surface area (Å²) in [5.74, 6) is 0.722. The highest BCUT2D eigenvalue weighted by Crippen LogP contribution is 2.38. The first-order valence-electron chi connectivity index (χ1n) is 8.43. The quantitative estimate of drug-likeness (QED) is 0.684. The van der Waals surface area contributed by atoms with Crippen LogP contribution in [0.4, 0.5) is 0 Å². The first-order chi connectivity index (χ1) is 9.95. The van der Waals surface area contributed by atoms with Crippen molar-refractivity contribution in [1.82, 2.24) is 9.03 Å². The van der Waals surface area contributed by atoms with Crippen LogP contribution in [0.3, 0.4) is 0 Å². The van der Waals surface area contributed by atoms with Crippen molar-refractivity contribution >= 4 is 10.2 Å². The predicted molar refractivity (Wildman–Crippen MR) is 88.2 cm³/mol. The van der Waals surface area contributed by atoms with Crippen LogP contribution in [0, 0.1) is 5.92 Å². The van der Waals surface area contributed by atoms with Crippen molar-refractivity contribution < 1.29 is 8.42 Å². The SMILES string of the molecule is CCCNS(=O)(=O)N(CCC)C1(CN)CCC(CC)CC1. The first kappa shape index (κ1) is 18.9. The van der Waals surface area contributed by atoms with E-state index in [1.807, 2.05) is 13.8 Å². The summed E-state index contributed by atoms with van der Waals surface area (Å²) in [4.78, 5) is 0. The number of nitrogens with one attached hydrogen (secondary N) is 1. The van der Waals surface area contributed by atoms with Crippen LogP contribution in [-0.2, 0) is 10.2 Å². The van der Waals surface area contributed by atoms with E-state index in [4.69, 9.17) is 5.73 Å². The zero-order chi connectivity index (χ0) is 15.9.